The molecule has 8 nitrogen and oxygen atoms in total. The molecule has 0 aliphatic carbocycles. The minimum Gasteiger partial charge on any atom is -0.495 e. The molecule has 0 bridgehead atoms. The van der Waals surface area contributed by atoms with Crippen molar-refractivity contribution in [3.8, 4) is 5.75 Å². The van der Waals surface area contributed by atoms with E-state index in [9.17, 15) is 13.2 Å². The van der Waals surface area contributed by atoms with Crippen LogP contribution in [0.25, 0.3) is 0 Å². The van der Waals surface area contributed by atoms with Gasteiger partial charge in [0.2, 0.25) is 0 Å². The molecule has 9 heteroatoms. The van der Waals surface area contributed by atoms with Crippen LogP contribution < -0.4 is 9.46 Å². The molecular formula is C20H24N2O6S. The zero-order chi connectivity index (χ0) is 20.9. The summed E-state index contributed by atoms with van der Waals surface area (Å²) in [4.78, 5) is 14.3. The quantitative estimate of drug-likeness (QED) is 0.624. The molecule has 2 aromatic rings. The number of carbonyl (C=O) groups excluding carboxylic acids is 1. The average Bonchev–Trinajstić information content (AvgIpc) is 2.69. The van der Waals surface area contributed by atoms with Crippen LogP contribution in [-0.2, 0) is 19.5 Å². The zero-order valence-corrected chi connectivity index (χ0v) is 17.1. The summed E-state index contributed by atoms with van der Waals surface area (Å²) in [5, 5.41) is 0. The fourth-order valence-corrected chi connectivity index (χ4v) is 4.03. The Bertz CT molecular complexity index is 957. The van der Waals surface area contributed by atoms with E-state index < -0.39 is 10.0 Å². The molecule has 0 atom stereocenters. The summed E-state index contributed by atoms with van der Waals surface area (Å²) in [7, 11) is -0.816. The van der Waals surface area contributed by atoms with Gasteiger partial charge in [-0.3, -0.25) is 9.52 Å². The number of amides is 1. The van der Waals surface area contributed by atoms with E-state index in [1.807, 2.05) is 0 Å². The van der Waals surface area contributed by atoms with E-state index in [1.165, 1.54) is 19.2 Å². The molecule has 1 amide bonds. The molecule has 3 rings (SSSR count). The number of nitrogens with one attached hydrogen (secondary N) is 1. The maximum atomic E-state index is 12.8. The van der Waals surface area contributed by atoms with E-state index >= 15 is 0 Å². The predicted molar refractivity (Wildman–Crippen MR) is 108 cm³/mol. The maximum Gasteiger partial charge on any atom is 0.262 e. The third kappa shape index (κ3) is 5.06. The Hall–Kier alpha value is -2.62. The molecule has 29 heavy (non-hydrogen) atoms. The molecule has 1 saturated heterocycles. The third-order valence-corrected chi connectivity index (χ3v) is 5.88. The Morgan fingerprint density at radius 3 is 2.59 bits per heavy atom. The lowest BCUT2D eigenvalue weighted by atomic mass is 10.1. The first-order valence-corrected chi connectivity index (χ1v) is 10.6. The molecular weight excluding hydrogens is 396 g/mol. The Labute approximate surface area is 170 Å². The number of ether oxygens (including phenoxy) is 3. The molecule has 0 unspecified atom stereocenters. The van der Waals surface area contributed by atoms with Gasteiger partial charge in [-0.25, -0.2) is 8.42 Å². The lowest BCUT2D eigenvalue weighted by Crippen LogP contribution is -2.55. The lowest BCUT2D eigenvalue weighted by molar-refractivity contribution is -0.0554. The van der Waals surface area contributed by atoms with Gasteiger partial charge >= 0.3 is 0 Å². The Morgan fingerprint density at radius 2 is 1.86 bits per heavy atom. The standard InChI is InChI=1S/C20H24N2O6S/c1-26-10-11-28-16-13-22(14-16)20(23)15-6-5-7-17(12-15)29(24,25)21-18-8-3-4-9-19(18)27-2/h3-9,12,16,21H,10-11,13-14H2,1-2H3. The number of carbonyl (C=O) groups is 1. The van der Waals surface area contributed by atoms with Crippen LogP contribution in [-0.4, -0.2) is 65.9 Å². The number of nitrogens with zero attached hydrogens (tertiary/aromatic N) is 1. The van der Waals surface area contributed by atoms with Gasteiger partial charge in [-0.15, -0.1) is 0 Å². The van der Waals surface area contributed by atoms with Gasteiger partial charge in [0.15, 0.2) is 0 Å². The SMILES string of the molecule is COCCOC1CN(C(=O)c2cccc(S(=O)(=O)Nc3ccccc3OC)c2)C1. The van der Waals surface area contributed by atoms with Gasteiger partial charge in [0, 0.05) is 25.8 Å². The van der Waals surface area contributed by atoms with E-state index in [0.717, 1.165) is 0 Å². The largest absolute Gasteiger partial charge is 0.495 e. The summed E-state index contributed by atoms with van der Waals surface area (Å²) in [6.45, 7) is 1.92. The Kier molecular flexibility index (Phi) is 6.73. The van der Waals surface area contributed by atoms with Gasteiger partial charge in [-0.1, -0.05) is 18.2 Å². The molecule has 1 aliphatic heterocycles. The zero-order valence-electron chi connectivity index (χ0n) is 16.3. The molecule has 1 aliphatic rings. The monoisotopic (exact) mass is 420 g/mol. The summed E-state index contributed by atoms with van der Waals surface area (Å²) in [5.41, 5.74) is 0.633. The second-order valence-electron chi connectivity index (χ2n) is 6.53. The molecule has 1 heterocycles. The number of anilines is 1. The normalized spacial score (nSPS) is 14.3. The van der Waals surface area contributed by atoms with Crippen LogP contribution >= 0.6 is 0 Å². The van der Waals surface area contributed by atoms with Crippen LogP contribution in [0, 0.1) is 0 Å². The van der Waals surface area contributed by atoms with Crippen molar-refractivity contribution < 1.29 is 27.4 Å². The minimum atomic E-state index is -3.88. The fourth-order valence-electron chi connectivity index (χ4n) is 2.92. The number of rotatable bonds is 9. The minimum absolute atomic E-state index is 0.00248. The van der Waals surface area contributed by atoms with Crippen molar-refractivity contribution in [1.29, 1.82) is 0 Å². The van der Waals surface area contributed by atoms with E-state index in [-0.39, 0.29) is 16.9 Å². The number of benzene rings is 2. The van der Waals surface area contributed by atoms with Crippen LogP contribution in [0.1, 0.15) is 10.4 Å². The first-order chi connectivity index (χ1) is 13.9. The smallest absolute Gasteiger partial charge is 0.262 e. The van der Waals surface area contributed by atoms with Gasteiger partial charge in [-0.05, 0) is 30.3 Å². The van der Waals surface area contributed by atoms with E-state index in [2.05, 4.69) is 4.72 Å². The third-order valence-electron chi connectivity index (χ3n) is 4.52. The summed E-state index contributed by atoms with van der Waals surface area (Å²) in [6, 6.07) is 12.7. The highest BCUT2D eigenvalue weighted by Crippen LogP contribution is 2.26. The Balaban J connectivity index is 1.68. The number of methoxy groups -OCH3 is 2. The number of likely N-dealkylation sites (tertiary alicyclic amines) is 1. The topological polar surface area (TPSA) is 94.2 Å². The van der Waals surface area contributed by atoms with Gasteiger partial charge in [0.1, 0.15) is 5.75 Å². The molecule has 0 spiro atoms. The van der Waals surface area contributed by atoms with Crippen molar-refractivity contribution in [2.24, 2.45) is 0 Å². The van der Waals surface area contributed by atoms with Gasteiger partial charge in [-0.2, -0.15) is 0 Å². The maximum absolute atomic E-state index is 12.8. The second kappa shape index (κ2) is 9.25. The number of para-hydroxylation sites is 2. The van der Waals surface area contributed by atoms with Crippen molar-refractivity contribution in [2.75, 3.05) is 45.2 Å². The van der Waals surface area contributed by atoms with Crippen LogP contribution in [0.5, 0.6) is 5.75 Å². The van der Waals surface area contributed by atoms with Crippen molar-refractivity contribution in [3.05, 3.63) is 54.1 Å². The van der Waals surface area contributed by atoms with Crippen molar-refractivity contribution >= 4 is 21.6 Å². The molecule has 156 valence electrons. The first-order valence-electron chi connectivity index (χ1n) is 9.10. The summed E-state index contributed by atoms with van der Waals surface area (Å²) < 4.78 is 43.7. The second-order valence-corrected chi connectivity index (χ2v) is 8.21. The van der Waals surface area contributed by atoms with Crippen LogP contribution in [0.4, 0.5) is 5.69 Å². The molecule has 0 aromatic heterocycles. The lowest BCUT2D eigenvalue weighted by Gasteiger charge is -2.38. The molecule has 0 radical (unpaired) electrons. The van der Waals surface area contributed by atoms with Gasteiger partial charge in [0.25, 0.3) is 15.9 Å². The molecule has 2 aromatic carbocycles. The van der Waals surface area contributed by atoms with E-state index in [1.54, 1.807) is 48.4 Å². The molecule has 0 saturated carbocycles. The average molecular weight is 420 g/mol. The van der Waals surface area contributed by atoms with Crippen molar-refractivity contribution in [1.82, 2.24) is 4.90 Å². The fraction of sp³-hybridized carbons (Fsp3) is 0.350. The number of sulfonamides is 1. The van der Waals surface area contributed by atoms with Crippen LogP contribution in [0.3, 0.4) is 0 Å². The number of hydrogen-bond acceptors (Lipinski definition) is 6. The highest BCUT2D eigenvalue weighted by molar-refractivity contribution is 7.92. The van der Waals surface area contributed by atoms with Crippen LogP contribution in [0.2, 0.25) is 0 Å². The first kappa shape index (κ1) is 21.1. The molecule has 1 fully saturated rings. The van der Waals surface area contributed by atoms with Gasteiger partial charge < -0.3 is 19.1 Å². The van der Waals surface area contributed by atoms with Gasteiger partial charge in [0.05, 0.1) is 37.0 Å². The number of hydrogen-bond donors (Lipinski definition) is 1. The molecule has 1 N–H and O–H groups in total. The summed E-state index contributed by atoms with van der Waals surface area (Å²) in [5.74, 6) is 0.175. The van der Waals surface area contributed by atoms with Crippen LogP contribution in [0.15, 0.2) is 53.4 Å². The van der Waals surface area contributed by atoms with Crippen molar-refractivity contribution in [2.45, 2.75) is 11.0 Å². The summed E-state index contributed by atoms with van der Waals surface area (Å²) in [6.07, 6.45) is -0.0202. The van der Waals surface area contributed by atoms with Crippen molar-refractivity contribution in [3.63, 3.8) is 0 Å². The van der Waals surface area contributed by atoms with E-state index in [0.29, 0.717) is 43.3 Å². The highest BCUT2D eigenvalue weighted by atomic mass is 32.2. The Morgan fingerprint density at radius 1 is 1.10 bits per heavy atom. The van der Waals surface area contributed by atoms with E-state index in [4.69, 9.17) is 14.2 Å². The predicted octanol–water partition coefficient (Wildman–Crippen LogP) is 1.98. The summed E-state index contributed by atoms with van der Waals surface area (Å²) >= 11 is 0. The highest BCUT2D eigenvalue weighted by Gasteiger charge is 2.32.